The number of aromatic nitrogens is 2. The number of hydrogen-bond acceptors (Lipinski definition) is 6. The number of aromatic amines is 1. The third-order valence-corrected chi connectivity index (χ3v) is 8.54. The number of esters is 1. The number of halogens is 3. The zero-order valence-corrected chi connectivity index (χ0v) is 21.4. The summed E-state index contributed by atoms with van der Waals surface area (Å²) in [6.45, 7) is 5.20. The lowest BCUT2D eigenvalue weighted by Crippen LogP contribution is -2.34. The van der Waals surface area contributed by atoms with Gasteiger partial charge in [-0.1, -0.05) is 46.7 Å². The number of thiazole rings is 1. The first kappa shape index (κ1) is 24.1. The minimum Gasteiger partial charge on any atom is -0.462 e. The highest BCUT2D eigenvalue weighted by Gasteiger charge is 2.57. The SMILES string of the molecule is CCOC(=O)c1sc(N2C[C@@H]3[C@H](C2)[C@@H]3NC(=O)c2[nH]c(C)c(Cl)c2Cl)nc1Cc1cccc(F)c1. The zero-order chi connectivity index (χ0) is 24.9. The molecule has 2 aliphatic rings. The van der Waals surface area contributed by atoms with Crippen LogP contribution in [-0.4, -0.2) is 47.6 Å². The first-order chi connectivity index (χ1) is 16.8. The molecular formula is C24H23Cl2FN4O3S. The molecule has 2 fully saturated rings. The van der Waals surface area contributed by atoms with Gasteiger partial charge in [-0.15, -0.1) is 0 Å². The van der Waals surface area contributed by atoms with Crippen LogP contribution in [0.5, 0.6) is 0 Å². The van der Waals surface area contributed by atoms with Gasteiger partial charge in [0.25, 0.3) is 5.91 Å². The lowest BCUT2D eigenvalue weighted by Gasteiger charge is -2.19. The van der Waals surface area contributed by atoms with Crippen LogP contribution in [0.25, 0.3) is 0 Å². The molecule has 5 rings (SSSR count). The van der Waals surface area contributed by atoms with Crippen LogP contribution >= 0.6 is 34.5 Å². The maximum absolute atomic E-state index is 13.7. The van der Waals surface area contributed by atoms with Crippen LogP contribution in [0.15, 0.2) is 24.3 Å². The van der Waals surface area contributed by atoms with Gasteiger partial charge in [0.2, 0.25) is 0 Å². The van der Waals surface area contributed by atoms with Crippen molar-refractivity contribution in [3.8, 4) is 0 Å². The molecule has 3 heterocycles. The standard InChI is InChI=1S/C24H23Cl2FN4O3S/c1-3-34-23(33)21-16(8-12-5-4-6-13(27)7-12)29-24(35-21)31-9-14-15(10-31)19(14)30-22(32)20-18(26)17(25)11(2)28-20/h4-7,14-15,19,28H,3,8-10H2,1-2H3,(H,30,32)/t14-,15+,19-. The molecule has 1 aliphatic carbocycles. The third-order valence-electron chi connectivity index (χ3n) is 6.45. The molecular weight excluding hydrogens is 514 g/mol. The van der Waals surface area contributed by atoms with Gasteiger partial charge in [0.05, 0.1) is 22.3 Å². The number of aryl methyl sites for hydroxylation is 1. The summed E-state index contributed by atoms with van der Waals surface area (Å²) < 4.78 is 18.9. The number of rotatable bonds is 7. The molecule has 1 aromatic carbocycles. The minimum atomic E-state index is -0.422. The molecule has 1 saturated carbocycles. The van der Waals surface area contributed by atoms with Crippen molar-refractivity contribution in [3.63, 3.8) is 0 Å². The van der Waals surface area contributed by atoms with Gasteiger partial charge in [-0.2, -0.15) is 0 Å². The number of hydrogen-bond donors (Lipinski definition) is 2. The van der Waals surface area contributed by atoms with E-state index in [9.17, 15) is 14.0 Å². The Morgan fingerprint density at radius 1 is 1.29 bits per heavy atom. The molecule has 1 amide bonds. The van der Waals surface area contributed by atoms with E-state index in [1.807, 2.05) is 0 Å². The van der Waals surface area contributed by atoms with E-state index in [4.69, 9.17) is 32.9 Å². The monoisotopic (exact) mass is 536 g/mol. The Morgan fingerprint density at radius 3 is 2.66 bits per heavy atom. The molecule has 0 bridgehead atoms. The first-order valence-corrected chi connectivity index (χ1v) is 12.8. The number of carbonyl (C=O) groups is 2. The van der Waals surface area contributed by atoms with Gasteiger partial charge in [-0.3, -0.25) is 4.79 Å². The van der Waals surface area contributed by atoms with E-state index < -0.39 is 5.97 Å². The molecule has 2 N–H and O–H groups in total. The van der Waals surface area contributed by atoms with Crippen LogP contribution in [0.3, 0.4) is 0 Å². The number of amides is 1. The summed E-state index contributed by atoms with van der Waals surface area (Å²) in [5, 5.41) is 4.36. The molecule has 0 spiro atoms. The molecule has 2 aromatic heterocycles. The van der Waals surface area contributed by atoms with Crippen molar-refractivity contribution in [2.45, 2.75) is 26.3 Å². The summed E-state index contributed by atoms with van der Waals surface area (Å²) in [4.78, 5) is 35.5. The fraction of sp³-hybridized carbons (Fsp3) is 0.375. The lowest BCUT2D eigenvalue weighted by molar-refractivity contribution is 0.0530. The highest BCUT2D eigenvalue weighted by Crippen LogP contribution is 2.48. The van der Waals surface area contributed by atoms with Crippen LogP contribution in [-0.2, 0) is 11.2 Å². The molecule has 184 valence electrons. The number of piperidine rings is 1. The molecule has 0 unspecified atom stereocenters. The van der Waals surface area contributed by atoms with Gasteiger partial charge >= 0.3 is 5.97 Å². The smallest absolute Gasteiger partial charge is 0.350 e. The van der Waals surface area contributed by atoms with Crippen LogP contribution < -0.4 is 10.2 Å². The summed E-state index contributed by atoms with van der Waals surface area (Å²) in [6.07, 6.45) is 0.334. The predicted molar refractivity (Wildman–Crippen MR) is 133 cm³/mol. The maximum Gasteiger partial charge on any atom is 0.350 e. The topological polar surface area (TPSA) is 87.3 Å². The average molecular weight is 537 g/mol. The number of nitrogens with one attached hydrogen (secondary N) is 2. The lowest BCUT2D eigenvalue weighted by atomic mass is 10.1. The largest absolute Gasteiger partial charge is 0.462 e. The van der Waals surface area contributed by atoms with Crippen molar-refractivity contribution < 1.29 is 18.7 Å². The van der Waals surface area contributed by atoms with Gasteiger partial charge in [0, 0.05) is 43.1 Å². The zero-order valence-electron chi connectivity index (χ0n) is 19.0. The van der Waals surface area contributed by atoms with Gasteiger partial charge in [-0.05, 0) is 31.5 Å². The van der Waals surface area contributed by atoms with Crippen molar-refractivity contribution in [2.24, 2.45) is 11.8 Å². The summed E-state index contributed by atoms with van der Waals surface area (Å²) in [5.41, 5.74) is 2.24. The van der Waals surface area contributed by atoms with Crippen molar-refractivity contribution in [2.75, 3.05) is 24.6 Å². The number of anilines is 1. The second-order valence-electron chi connectivity index (χ2n) is 8.78. The van der Waals surface area contributed by atoms with E-state index in [1.165, 1.54) is 23.5 Å². The summed E-state index contributed by atoms with van der Waals surface area (Å²) >= 11 is 13.5. The van der Waals surface area contributed by atoms with Crippen LogP contribution in [0, 0.1) is 24.6 Å². The van der Waals surface area contributed by atoms with E-state index in [2.05, 4.69) is 15.2 Å². The normalized spacial score (nSPS) is 20.6. The van der Waals surface area contributed by atoms with E-state index in [0.717, 1.165) is 10.7 Å². The average Bonchev–Trinajstić information content (AvgIpc) is 3.18. The molecule has 1 aliphatic heterocycles. The molecule has 35 heavy (non-hydrogen) atoms. The molecule has 0 radical (unpaired) electrons. The fourth-order valence-electron chi connectivity index (χ4n) is 4.64. The number of ether oxygens (including phenoxy) is 1. The molecule has 11 heteroatoms. The van der Waals surface area contributed by atoms with Crippen molar-refractivity contribution in [1.82, 2.24) is 15.3 Å². The molecule has 3 atom stereocenters. The fourth-order valence-corrected chi connectivity index (χ4v) is 6.05. The van der Waals surface area contributed by atoms with Crippen LogP contribution in [0.4, 0.5) is 9.52 Å². The van der Waals surface area contributed by atoms with Crippen molar-refractivity contribution >= 4 is 51.5 Å². The molecule has 7 nitrogen and oxygen atoms in total. The van der Waals surface area contributed by atoms with Crippen molar-refractivity contribution in [3.05, 3.63) is 67.7 Å². The summed E-state index contributed by atoms with van der Waals surface area (Å²) in [6, 6.07) is 6.32. The number of nitrogens with zero attached hydrogens (tertiary/aromatic N) is 2. The minimum absolute atomic E-state index is 0.0495. The maximum atomic E-state index is 13.7. The number of fused-ring (bicyclic) bond motifs is 1. The Hall–Kier alpha value is -2.62. The van der Waals surface area contributed by atoms with Gasteiger partial charge < -0.3 is 19.9 Å². The quantitative estimate of drug-likeness (QED) is 0.421. The Bertz CT molecular complexity index is 1300. The van der Waals surface area contributed by atoms with Crippen LogP contribution in [0.1, 0.15) is 44.0 Å². The van der Waals surface area contributed by atoms with E-state index in [0.29, 0.717) is 40.8 Å². The third kappa shape index (κ3) is 4.64. The molecule has 3 aromatic rings. The molecule has 1 saturated heterocycles. The van der Waals surface area contributed by atoms with E-state index in [1.54, 1.807) is 26.0 Å². The Balaban J connectivity index is 1.27. The van der Waals surface area contributed by atoms with Gasteiger partial charge in [0.1, 0.15) is 16.4 Å². The van der Waals surface area contributed by atoms with Crippen molar-refractivity contribution in [1.29, 1.82) is 0 Å². The first-order valence-electron chi connectivity index (χ1n) is 11.3. The number of H-pyrrole nitrogens is 1. The highest BCUT2D eigenvalue weighted by atomic mass is 35.5. The Kier molecular flexibility index (Phi) is 6.50. The Labute approximate surface area is 215 Å². The second kappa shape index (κ2) is 9.44. The van der Waals surface area contributed by atoms with Gasteiger partial charge in [-0.25, -0.2) is 14.2 Å². The van der Waals surface area contributed by atoms with E-state index in [-0.39, 0.29) is 46.9 Å². The Morgan fingerprint density at radius 2 is 2.03 bits per heavy atom. The van der Waals surface area contributed by atoms with Gasteiger partial charge in [0.15, 0.2) is 5.13 Å². The highest BCUT2D eigenvalue weighted by molar-refractivity contribution is 7.17. The van der Waals surface area contributed by atoms with E-state index >= 15 is 0 Å². The predicted octanol–water partition coefficient (Wildman–Crippen LogP) is 4.86. The van der Waals surface area contributed by atoms with Crippen LogP contribution in [0.2, 0.25) is 10.0 Å². The summed E-state index contributed by atoms with van der Waals surface area (Å²) in [5.74, 6) is -0.459. The number of benzene rings is 1. The number of carbonyl (C=O) groups excluding carboxylic acids is 2. The summed E-state index contributed by atoms with van der Waals surface area (Å²) in [7, 11) is 0. The second-order valence-corrected chi connectivity index (χ2v) is 10.5.